The van der Waals surface area contributed by atoms with Gasteiger partial charge in [-0.05, 0) is 67.1 Å². The molecule has 0 spiro atoms. The van der Waals surface area contributed by atoms with Gasteiger partial charge < -0.3 is 5.11 Å². The van der Waals surface area contributed by atoms with E-state index in [-0.39, 0.29) is 35.7 Å². The second-order valence-electron chi connectivity index (χ2n) is 12.3. The van der Waals surface area contributed by atoms with Gasteiger partial charge in [0.1, 0.15) is 5.75 Å². The van der Waals surface area contributed by atoms with E-state index in [0.29, 0.717) is 33.5 Å². The van der Waals surface area contributed by atoms with Gasteiger partial charge in [0.25, 0.3) is 11.8 Å². The Morgan fingerprint density at radius 1 is 0.913 bits per heavy atom. The van der Waals surface area contributed by atoms with Gasteiger partial charge in [0, 0.05) is 17.0 Å². The number of amides is 4. The first kappa shape index (κ1) is 30.8. The Balaban J connectivity index is 1.28. The van der Waals surface area contributed by atoms with Gasteiger partial charge in [-0.15, -0.1) is 23.2 Å². The van der Waals surface area contributed by atoms with Crippen molar-refractivity contribution in [1.82, 2.24) is 4.90 Å². The third-order valence-corrected chi connectivity index (χ3v) is 11.9. The van der Waals surface area contributed by atoms with Gasteiger partial charge in [0.05, 0.1) is 23.0 Å². The summed E-state index contributed by atoms with van der Waals surface area (Å²) in [6, 6.07) is 20.0. The van der Waals surface area contributed by atoms with Gasteiger partial charge in [0.2, 0.25) is 11.8 Å². The highest BCUT2D eigenvalue weighted by molar-refractivity contribution is 9.09. The molecule has 3 fully saturated rings. The summed E-state index contributed by atoms with van der Waals surface area (Å²) in [6.45, 7) is 1.71. The number of phenols is 1. The Morgan fingerprint density at radius 2 is 1.59 bits per heavy atom. The fourth-order valence-corrected chi connectivity index (χ4v) is 9.18. The van der Waals surface area contributed by atoms with E-state index in [0.717, 1.165) is 9.80 Å². The van der Waals surface area contributed by atoms with Gasteiger partial charge in [0.15, 0.2) is 15.5 Å². The summed E-state index contributed by atoms with van der Waals surface area (Å²) in [7, 11) is 0. The second-order valence-corrected chi connectivity index (χ2v) is 14.0. The molecule has 4 amide bonds. The van der Waals surface area contributed by atoms with Gasteiger partial charge in [-0.2, -0.15) is 0 Å². The third kappa shape index (κ3) is 4.14. The van der Waals surface area contributed by atoms with Crippen LogP contribution in [0.1, 0.15) is 45.8 Å². The van der Waals surface area contributed by atoms with Crippen molar-refractivity contribution < 1.29 is 29.1 Å². The number of alkyl halides is 3. The number of carbonyl (C=O) groups is 5. The lowest BCUT2D eigenvalue weighted by molar-refractivity contribution is -0.138. The van der Waals surface area contributed by atoms with Crippen LogP contribution < -0.4 is 4.90 Å². The van der Waals surface area contributed by atoms with Gasteiger partial charge >= 0.3 is 0 Å². The highest BCUT2D eigenvalue weighted by atomic mass is 79.9. The Hall–Kier alpha value is -3.79. The van der Waals surface area contributed by atoms with E-state index in [1.165, 1.54) is 6.07 Å². The summed E-state index contributed by atoms with van der Waals surface area (Å²) in [5.41, 5.74) is 2.93. The van der Waals surface area contributed by atoms with E-state index in [1.807, 2.05) is 12.1 Å². The predicted molar refractivity (Wildman–Crippen MR) is 175 cm³/mol. The van der Waals surface area contributed by atoms with Crippen LogP contribution >= 0.6 is 39.1 Å². The molecule has 1 N–H and O–H groups in total. The Kier molecular flexibility index (Phi) is 7.30. The summed E-state index contributed by atoms with van der Waals surface area (Å²) in [4.78, 5) is 67.1. The number of allylic oxidation sites excluding steroid dienone is 2. The number of nitrogens with zero attached hydrogens (tertiary/aromatic N) is 2. The van der Waals surface area contributed by atoms with Crippen LogP contribution in [0.15, 0.2) is 84.4 Å². The van der Waals surface area contributed by atoms with Crippen LogP contribution in [0.4, 0.5) is 5.69 Å². The van der Waals surface area contributed by atoms with E-state index in [1.54, 1.807) is 67.6 Å². The molecule has 3 aromatic carbocycles. The van der Waals surface area contributed by atoms with Crippen molar-refractivity contribution in [2.24, 2.45) is 17.8 Å². The molecule has 6 unspecified atom stereocenters. The number of fused-ring (bicyclic) bond motifs is 4. The lowest BCUT2D eigenvalue weighted by Gasteiger charge is -2.50. The molecule has 0 radical (unpaired) electrons. The normalized spacial score (nSPS) is 30.2. The first-order valence-electron chi connectivity index (χ1n) is 14.8. The van der Waals surface area contributed by atoms with Crippen LogP contribution in [-0.2, 0) is 19.2 Å². The van der Waals surface area contributed by atoms with Crippen molar-refractivity contribution in [2.45, 2.75) is 35.4 Å². The highest BCUT2D eigenvalue weighted by Crippen LogP contribution is 2.65. The number of halogens is 3. The van der Waals surface area contributed by atoms with Crippen molar-refractivity contribution in [3.63, 3.8) is 0 Å². The van der Waals surface area contributed by atoms with Gasteiger partial charge in [-0.3, -0.25) is 33.8 Å². The summed E-state index contributed by atoms with van der Waals surface area (Å²) in [5, 5.41) is 10.3. The Bertz CT molecular complexity index is 1880. The predicted octanol–water partition coefficient (Wildman–Crippen LogP) is 5.85. The number of hydrogen-bond acceptors (Lipinski definition) is 6. The number of hydrogen-bond donors (Lipinski definition) is 1. The molecule has 2 saturated heterocycles. The largest absolute Gasteiger partial charge is 0.508 e. The van der Waals surface area contributed by atoms with Crippen molar-refractivity contribution in [3.05, 3.63) is 107 Å². The number of likely N-dealkylation sites (tertiary alicyclic amines) is 1. The lowest BCUT2D eigenvalue weighted by Crippen LogP contribution is -2.60. The lowest BCUT2D eigenvalue weighted by atomic mass is 9.56. The molecular formula is C35H27BrCl2N2O6. The maximum absolute atomic E-state index is 14.3. The molecule has 7 rings (SSSR count). The quantitative estimate of drug-likeness (QED) is 0.116. The number of ketones is 1. The topological polar surface area (TPSA) is 112 Å². The zero-order valence-corrected chi connectivity index (χ0v) is 27.6. The van der Waals surface area contributed by atoms with E-state index in [9.17, 15) is 29.1 Å². The second kappa shape index (κ2) is 10.9. The zero-order chi connectivity index (χ0) is 32.7. The molecule has 234 valence electrons. The van der Waals surface area contributed by atoms with E-state index >= 15 is 0 Å². The molecule has 4 aliphatic rings. The van der Waals surface area contributed by atoms with Crippen molar-refractivity contribution >= 4 is 74.2 Å². The fraction of sp³-hybridized carbons (Fsp3) is 0.286. The Morgan fingerprint density at radius 3 is 2.24 bits per heavy atom. The van der Waals surface area contributed by atoms with E-state index in [4.69, 9.17) is 23.2 Å². The summed E-state index contributed by atoms with van der Waals surface area (Å²) in [6.07, 6.45) is 1.97. The maximum atomic E-state index is 14.3. The molecule has 3 aromatic rings. The molecule has 2 heterocycles. The highest BCUT2D eigenvalue weighted by Gasteiger charge is 2.76. The van der Waals surface area contributed by atoms with Crippen LogP contribution in [0.2, 0.25) is 0 Å². The average molecular weight is 722 g/mol. The molecular weight excluding hydrogens is 695 g/mol. The first-order chi connectivity index (χ1) is 21.9. The minimum atomic E-state index is -1.91. The van der Waals surface area contributed by atoms with E-state index in [2.05, 4.69) is 15.9 Å². The monoisotopic (exact) mass is 720 g/mol. The number of anilines is 1. The minimum Gasteiger partial charge on any atom is -0.508 e. The molecule has 2 aliphatic carbocycles. The Labute approximate surface area is 283 Å². The molecule has 46 heavy (non-hydrogen) atoms. The minimum absolute atomic E-state index is 0.0502. The molecule has 8 nitrogen and oxygen atoms in total. The first-order valence-corrected chi connectivity index (χ1v) is 16.7. The van der Waals surface area contributed by atoms with Gasteiger partial charge in [-0.25, -0.2) is 0 Å². The summed E-state index contributed by atoms with van der Waals surface area (Å²) < 4.78 is 0. The number of imide groups is 2. The number of benzene rings is 3. The number of aromatic hydroxyl groups is 1. The van der Waals surface area contributed by atoms with Crippen LogP contribution in [-0.4, -0.2) is 54.6 Å². The number of rotatable bonds is 5. The fourth-order valence-electron chi connectivity index (χ4n) is 7.76. The smallest absolute Gasteiger partial charge is 0.254 e. The third-order valence-electron chi connectivity index (χ3n) is 9.99. The number of phenolic OH excluding ortho intramolecular Hbond substituents is 1. The summed E-state index contributed by atoms with van der Waals surface area (Å²) in [5.74, 6) is -5.42. The summed E-state index contributed by atoms with van der Waals surface area (Å²) >= 11 is 17.7. The molecule has 6 atom stereocenters. The SMILES string of the molecule is Cc1cc(C2C3=CCC4C(=O)N(c5ccc(C(=O)c6ccccc6)cc5)C(=O)C4C3CC3(Cl)C(=O)N(CBr)C(=O)C23Cl)ccc1O. The molecule has 2 aliphatic heterocycles. The molecule has 1 saturated carbocycles. The van der Waals surface area contributed by atoms with Crippen LogP contribution in [0.25, 0.3) is 0 Å². The molecule has 0 aromatic heterocycles. The number of carbonyl (C=O) groups excluding carboxylic acids is 5. The number of aryl methyl sites for hydroxylation is 1. The molecule has 11 heteroatoms. The average Bonchev–Trinajstić information content (AvgIpc) is 3.40. The van der Waals surface area contributed by atoms with Crippen LogP contribution in [0, 0.1) is 24.7 Å². The maximum Gasteiger partial charge on any atom is 0.254 e. The van der Waals surface area contributed by atoms with Crippen LogP contribution in [0.3, 0.4) is 0 Å². The zero-order valence-electron chi connectivity index (χ0n) is 24.5. The van der Waals surface area contributed by atoms with Crippen molar-refractivity contribution in [2.75, 3.05) is 10.4 Å². The van der Waals surface area contributed by atoms with E-state index < -0.39 is 51.1 Å². The van der Waals surface area contributed by atoms with Crippen molar-refractivity contribution in [3.8, 4) is 5.75 Å². The van der Waals surface area contributed by atoms with Gasteiger partial charge in [-0.1, -0.05) is 70.0 Å². The standard InChI is InChI=1S/C35H27BrCl2N2O6/c1-18-15-21(9-14-26(18)41)28-23-12-13-24-27(25(23)16-34(37)32(45)39(17-36)33(46)35(28,34)38)31(44)40(30(24)43)22-10-7-20(8-11-22)29(42)19-5-3-2-4-6-19/h2-12,14-15,24-25,27-28,41H,13,16-17H2,1H3. The van der Waals surface area contributed by atoms with Crippen molar-refractivity contribution in [1.29, 1.82) is 0 Å². The van der Waals surface area contributed by atoms with Crippen LogP contribution in [0.5, 0.6) is 5.75 Å². The molecule has 0 bridgehead atoms.